The largest absolute Gasteiger partial charge is 0.328 e. The second-order valence-electron chi connectivity index (χ2n) is 4.37. The molecule has 2 rings (SSSR count). The molecule has 1 saturated carbocycles. The average Bonchev–Trinajstić information content (AvgIpc) is 2.84. The second-order valence-corrected chi connectivity index (χ2v) is 5.15. The number of hydrogen-bond donors (Lipinski definition) is 1. The van der Waals surface area contributed by atoms with Gasteiger partial charge in [-0.2, -0.15) is 11.3 Å². The second kappa shape index (κ2) is 4.90. The van der Waals surface area contributed by atoms with Crippen molar-refractivity contribution in [2.45, 2.75) is 38.1 Å². The third kappa shape index (κ3) is 2.89. The van der Waals surface area contributed by atoms with Crippen molar-refractivity contribution in [1.82, 2.24) is 0 Å². The first kappa shape index (κ1) is 10.8. The topological polar surface area (TPSA) is 43.1 Å². The zero-order valence-electron chi connectivity index (χ0n) is 8.82. The van der Waals surface area contributed by atoms with E-state index in [2.05, 4.69) is 16.8 Å². The lowest BCUT2D eigenvalue weighted by Crippen LogP contribution is -2.18. The van der Waals surface area contributed by atoms with Gasteiger partial charge in [0.15, 0.2) is 0 Å². The summed E-state index contributed by atoms with van der Waals surface area (Å²) in [6, 6.07) is 2.36. The first-order valence-corrected chi connectivity index (χ1v) is 6.49. The van der Waals surface area contributed by atoms with Gasteiger partial charge in [-0.3, -0.25) is 4.79 Å². The molecule has 0 bridgehead atoms. The Hall–Kier alpha value is -0.670. The Morgan fingerprint density at radius 1 is 1.53 bits per heavy atom. The highest BCUT2D eigenvalue weighted by molar-refractivity contribution is 7.07. The van der Waals surface area contributed by atoms with E-state index in [0.29, 0.717) is 12.2 Å². The van der Waals surface area contributed by atoms with E-state index in [-0.39, 0.29) is 12.0 Å². The molecule has 2 unspecified atom stereocenters. The Bertz CT molecular complexity index is 320. The lowest BCUT2D eigenvalue weighted by molar-refractivity contribution is -0.122. The van der Waals surface area contributed by atoms with Gasteiger partial charge in [-0.05, 0) is 48.1 Å². The van der Waals surface area contributed by atoms with Gasteiger partial charge < -0.3 is 5.73 Å². The van der Waals surface area contributed by atoms with Crippen LogP contribution in [0, 0.1) is 5.92 Å². The molecular weight excluding hydrogens is 206 g/mol. The minimum absolute atomic E-state index is 0.249. The Balaban J connectivity index is 1.78. The van der Waals surface area contributed by atoms with Crippen molar-refractivity contribution in [1.29, 1.82) is 0 Å². The molecule has 1 aromatic rings. The van der Waals surface area contributed by atoms with Crippen LogP contribution in [0.25, 0.3) is 0 Å². The molecule has 2 N–H and O–H groups in total. The molecular formula is C12H17NOS. The summed E-state index contributed by atoms with van der Waals surface area (Å²) in [5.41, 5.74) is 7.09. The Labute approximate surface area is 94.5 Å². The van der Waals surface area contributed by atoms with Gasteiger partial charge in [0.05, 0.1) is 0 Å². The zero-order chi connectivity index (χ0) is 10.7. The molecule has 0 aromatic carbocycles. The maximum atomic E-state index is 11.8. The van der Waals surface area contributed by atoms with Crippen molar-refractivity contribution in [3.05, 3.63) is 22.4 Å². The summed E-state index contributed by atoms with van der Waals surface area (Å²) in [5.74, 6) is 0.660. The molecule has 15 heavy (non-hydrogen) atoms. The lowest BCUT2D eigenvalue weighted by Gasteiger charge is -2.07. The van der Waals surface area contributed by atoms with Crippen LogP contribution >= 0.6 is 11.3 Å². The number of hydrogen-bond acceptors (Lipinski definition) is 3. The Morgan fingerprint density at radius 2 is 2.40 bits per heavy atom. The molecule has 3 heteroatoms. The van der Waals surface area contributed by atoms with E-state index in [0.717, 1.165) is 25.7 Å². The third-order valence-electron chi connectivity index (χ3n) is 3.17. The predicted molar refractivity (Wildman–Crippen MR) is 63.0 cm³/mol. The highest BCUT2D eigenvalue weighted by atomic mass is 32.1. The van der Waals surface area contributed by atoms with Crippen LogP contribution in [0.1, 0.15) is 31.2 Å². The van der Waals surface area contributed by atoms with Crippen molar-refractivity contribution in [3.63, 3.8) is 0 Å². The standard InChI is InChI=1S/C12H17NOS/c13-11-3-2-10(7-11)12(14)4-1-9-5-6-15-8-9/h5-6,8,10-11H,1-4,7,13H2. The number of aryl methyl sites for hydroxylation is 1. The Kier molecular flexibility index (Phi) is 3.54. The molecule has 0 spiro atoms. The monoisotopic (exact) mass is 223 g/mol. The molecule has 82 valence electrons. The molecule has 0 radical (unpaired) electrons. The number of ketones is 1. The molecule has 1 fully saturated rings. The number of nitrogens with two attached hydrogens (primary N) is 1. The molecule has 2 atom stereocenters. The van der Waals surface area contributed by atoms with Gasteiger partial charge >= 0.3 is 0 Å². The summed E-state index contributed by atoms with van der Waals surface area (Å²) >= 11 is 1.69. The van der Waals surface area contributed by atoms with E-state index in [9.17, 15) is 4.79 Å². The van der Waals surface area contributed by atoms with E-state index >= 15 is 0 Å². The molecule has 1 aliphatic rings. The fourth-order valence-corrected chi connectivity index (χ4v) is 2.92. The smallest absolute Gasteiger partial charge is 0.136 e. The predicted octanol–water partition coefficient (Wildman–Crippen LogP) is 2.38. The van der Waals surface area contributed by atoms with Crippen LogP contribution in [0.5, 0.6) is 0 Å². The summed E-state index contributed by atoms with van der Waals surface area (Å²) < 4.78 is 0. The third-order valence-corrected chi connectivity index (χ3v) is 3.90. The number of rotatable bonds is 4. The van der Waals surface area contributed by atoms with E-state index in [1.165, 1.54) is 5.56 Å². The van der Waals surface area contributed by atoms with Crippen LogP contribution in [0.4, 0.5) is 0 Å². The van der Waals surface area contributed by atoms with E-state index < -0.39 is 0 Å². The molecule has 2 nitrogen and oxygen atoms in total. The number of thiophene rings is 1. The van der Waals surface area contributed by atoms with Crippen LogP contribution in [0.3, 0.4) is 0 Å². The summed E-state index contributed by atoms with van der Waals surface area (Å²) in [7, 11) is 0. The summed E-state index contributed by atoms with van der Waals surface area (Å²) in [4.78, 5) is 11.8. The van der Waals surface area contributed by atoms with Crippen LogP contribution in [0.15, 0.2) is 16.8 Å². The van der Waals surface area contributed by atoms with E-state index in [1.54, 1.807) is 11.3 Å². The first-order chi connectivity index (χ1) is 7.25. The minimum atomic E-state index is 0.249. The number of carbonyl (C=O) groups excluding carboxylic acids is 1. The van der Waals surface area contributed by atoms with Gasteiger partial charge in [-0.15, -0.1) is 0 Å². The molecule has 1 aliphatic carbocycles. The van der Waals surface area contributed by atoms with Crippen molar-refractivity contribution >= 4 is 17.1 Å². The quantitative estimate of drug-likeness (QED) is 0.851. The highest BCUT2D eigenvalue weighted by Gasteiger charge is 2.26. The lowest BCUT2D eigenvalue weighted by atomic mass is 9.97. The summed E-state index contributed by atoms with van der Waals surface area (Å²) in [6.45, 7) is 0. The van der Waals surface area contributed by atoms with E-state index in [4.69, 9.17) is 5.73 Å². The summed E-state index contributed by atoms with van der Waals surface area (Å²) in [5, 5.41) is 4.18. The van der Waals surface area contributed by atoms with Crippen LogP contribution in [0.2, 0.25) is 0 Å². The van der Waals surface area contributed by atoms with Crippen LogP contribution < -0.4 is 5.73 Å². The van der Waals surface area contributed by atoms with Crippen LogP contribution in [-0.2, 0) is 11.2 Å². The van der Waals surface area contributed by atoms with Crippen molar-refractivity contribution < 1.29 is 4.79 Å². The first-order valence-electron chi connectivity index (χ1n) is 5.55. The molecule has 1 aromatic heterocycles. The van der Waals surface area contributed by atoms with Crippen molar-refractivity contribution in [3.8, 4) is 0 Å². The fourth-order valence-electron chi connectivity index (χ4n) is 2.22. The Morgan fingerprint density at radius 3 is 3.00 bits per heavy atom. The molecule has 0 aliphatic heterocycles. The summed E-state index contributed by atoms with van der Waals surface area (Å²) in [6.07, 6.45) is 4.52. The van der Waals surface area contributed by atoms with Gasteiger partial charge in [0.25, 0.3) is 0 Å². The zero-order valence-corrected chi connectivity index (χ0v) is 9.63. The average molecular weight is 223 g/mol. The molecule has 0 amide bonds. The van der Waals surface area contributed by atoms with Gasteiger partial charge in [-0.1, -0.05) is 0 Å². The molecule has 1 heterocycles. The maximum Gasteiger partial charge on any atom is 0.136 e. The fraction of sp³-hybridized carbons (Fsp3) is 0.583. The van der Waals surface area contributed by atoms with Gasteiger partial charge in [0.1, 0.15) is 5.78 Å². The minimum Gasteiger partial charge on any atom is -0.328 e. The number of carbonyl (C=O) groups is 1. The maximum absolute atomic E-state index is 11.8. The normalized spacial score (nSPS) is 25.7. The van der Waals surface area contributed by atoms with Crippen molar-refractivity contribution in [2.75, 3.05) is 0 Å². The van der Waals surface area contributed by atoms with Gasteiger partial charge in [0, 0.05) is 18.4 Å². The SMILES string of the molecule is NC1CCC(C(=O)CCc2ccsc2)C1. The van der Waals surface area contributed by atoms with E-state index in [1.807, 2.05) is 0 Å². The highest BCUT2D eigenvalue weighted by Crippen LogP contribution is 2.26. The number of Topliss-reactive ketones (excluding diaryl/α,β-unsaturated/α-hetero) is 1. The van der Waals surface area contributed by atoms with Gasteiger partial charge in [-0.25, -0.2) is 0 Å². The van der Waals surface area contributed by atoms with Crippen LogP contribution in [-0.4, -0.2) is 11.8 Å². The van der Waals surface area contributed by atoms with Gasteiger partial charge in [0.2, 0.25) is 0 Å². The molecule has 0 saturated heterocycles. The van der Waals surface area contributed by atoms with Crippen molar-refractivity contribution in [2.24, 2.45) is 11.7 Å².